The summed E-state index contributed by atoms with van der Waals surface area (Å²) in [6.45, 7) is 4.41. The average molecular weight is 249 g/mol. The summed E-state index contributed by atoms with van der Waals surface area (Å²) in [5, 5.41) is 3.60. The van der Waals surface area contributed by atoms with Gasteiger partial charge in [0.05, 0.1) is 5.00 Å². The lowest BCUT2D eigenvalue weighted by Crippen LogP contribution is -1.85. The highest BCUT2D eigenvalue weighted by atomic mass is 32.2. The second kappa shape index (κ2) is 4.93. The summed E-state index contributed by atoms with van der Waals surface area (Å²) in [6.07, 6.45) is 0. The van der Waals surface area contributed by atoms with Crippen molar-refractivity contribution in [2.75, 3.05) is 5.73 Å². The lowest BCUT2D eigenvalue weighted by Gasteiger charge is -2.05. The summed E-state index contributed by atoms with van der Waals surface area (Å²) in [5.41, 5.74) is 8.17. The molecule has 2 rings (SSSR count). The van der Waals surface area contributed by atoms with Crippen molar-refractivity contribution >= 4 is 28.1 Å². The van der Waals surface area contributed by atoms with Crippen LogP contribution in [0.4, 0.5) is 5.00 Å². The Hall–Kier alpha value is -0.930. The van der Waals surface area contributed by atoms with Crippen LogP contribution in [-0.2, 0) is 0 Å². The number of hydrogen-bond acceptors (Lipinski definition) is 3. The number of anilines is 1. The Labute approximate surface area is 105 Å². The molecule has 0 aliphatic carbocycles. The molecule has 0 amide bonds. The molecule has 0 spiro atoms. The van der Waals surface area contributed by atoms with Gasteiger partial charge in [-0.05, 0) is 29.3 Å². The number of nitrogens with two attached hydrogens (primary N) is 1. The van der Waals surface area contributed by atoms with Crippen LogP contribution in [0.3, 0.4) is 0 Å². The fourth-order valence-corrected chi connectivity index (χ4v) is 3.00. The van der Waals surface area contributed by atoms with Crippen molar-refractivity contribution in [1.82, 2.24) is 0 Å². The van der Waals surface area contributed by atoms with E-state index in [1.54, 1.807) is 11.3 Å². The van der Waals surface area contributed by atoms with Crippen molar-refractivity contribution in [3.05, 3.63) is 35.7 Å². The van der Waals surface area contributed by atoms with Gasteiger partial charge in [-0.1, -0.05) is 26.0 Å². The van der Waals surface area contributed by atoms with Crippen LogP contribution in [0.2, 0.25) is 0 Å². The number of thiophene rings is 1. The largest absolute Gasteiger partial charge is 0.391 e. The van der Waals surface area contributed by atoms with Gasteiger partial charge in [-0.25, -0.2) is 0 Å². The zero-order valence-electron chi connectivity index (χ0n) is 9.44. The zero-order valence-corrected chi connectivity index (χ0v) is 11.1. The van der Waals surface area contributed by atoms with E-state index in [0.717, 1.165) is 5.00 Å². The van der Waals surface area contributed by atoms with Gasteiger partial charge in [-0.15, -0.1) is 23.1 Å². The quantitative estimate of drug-likeness (QED) is 0.811. The predicted octanol–water partition coefficient (Wildman–Crippen LogP) is 4.50. The molecule has 16 heavy (non-hydrogen) atoms. The highest BCUT2D eigenvalue weighted by Crippen LogP contribution is 2.29. The van der Waals surface area contributed by atoms with Crippen molar-refractivity contribution < 1.29 is 0 Å². The molecular formula is C13H15NS2. The lowest BCUT2D eigenvalue weighted by molar-refractivity contribution is 1.11. The Bertz CT molecular complexity index is 457. The molecule has 0 unspecified atom stereocenters. The van der Waals surface area contributed by atoms with E-state index in [4.69, 9.17) is 5.73 Å². The highest BCUT2D eigenvalue weighted by molar-refractivity contribution is 7.99. The number of thioether (sulfide) groups is 1. The maximum Gasteiger partial charge on any atom is 0.0862 e. The molecule has 3 heteroatoms. The molecule has 0 atom stereocenters. The molecule has 2 aromatic rings. The minimum Gasteiger partial charge on any atom is -0.391 e. The van der Waals surface area contributed by atoms with Crippen LogP contribution in [0.1, 0.15) is 13.8 Å². The van der Waals surface area contributed by atoms with E-state index >= 15 is 0 Å². The van der Waals surface area contributed by atoms with Gasteiger partial charge in [0.1, 0.15) is 0 Å². The molecule has 0 saturated heterocycles. The molecule has 1 heterocycles. The maximum atomic E-state index is 5.73. The SMILES string of the molecule is CC(C)Sc1ccc(-c2csc(N)c2)cc1. The smallest absolute Gasteiger partial charge is 0.0862 e. The molecule has 0 radical (unpaired) electrons. The Morgan fingerprint density at radius 1 is 1.12 bits per heavy atom. The summed E-state index contributed by atoms with van der Waals surface area (Å²) in [4.78, 5) is 1.32. The molecule has 0 saturated carbocycles. The Balaban J connectivity index is 2.19. The van der Waals surface area contributed by atoms with Crippen molar-refractivity contribution in [2.45, 2.75) is 24.0 Å². The molecule has 1 aromatic carbocycles. The van der Waals surface area contributed by atoms with Gasteiger partial charge in [-0.3, -0.25) is 0 Å². The van der Waals surface area contributed by atoms with E-state index in [2.05, 4.69) is 43.5 Å². The van der Waals surface area contributed by atoms with E-state index in [-0.39, 0.29) is 0 Å². The van der Waals surface area contributed by atoms with E-state index in [0.29, 0.717) is 5.25 Å². The Kier molecular flexibility index (Phi) is 3.56. The molecule has 0 bridgehead atoms. The van der Waals surface area contributed by atoms with Crippen LogP contribution in [-0.4, -0.2) is 5.25 Å². The maximum absolute atomic E-state index is 5.73. The van der Waals surface area contributed by atoms with Crippen molar-refractivity contribution in [2.24, 2.45) is 0 Å². The van der Waals surface area contributed by atoms with Gasteiger partial charge in [0.25, 0.3) is 0 Å². The summed E-state index contributed by atoms with van der Waals surface area (Å²) in [5.74, 6) is 0. The second-order valence-corrected chi connectivity index (χ2v) is 6.52. The number of hydrogen-bond donors (Lipinski definition) is 1. The van der Waals surface area contributed by atoms with Crippen molar-refractivity contribution in [1.29, 1.82) is 0 Å². The summed E-state index contributed by atoms with van der Waals surface area (Å²) in [6, 6.07) is 10.7. The van der Waals surface area contributed by atoms with Gasteiger partial charge in [0.2, 0.25) is 0 Å². The normalized spacial score (nSPS) is 10.9. The molecule has 84 valence electrons. The topological polar surface area (TPSA) is 26.0 Å². The third-order valence-electron chi connectivity index (χ3n) is 2.18. The van der Waals surface area contributed by atoms with Crippen molar-refractivity contribution in [3.63, 3.8) is 0 Å². The average Bonchev–Trinajstić information content (AvgIpc) is 2.65. The van der Waals surface area contributed by atoms with Gasteiger partial charge < -0.3 is 5.73 Å². The lowest BCUT2D eigenvalue weighted by atomic mass is 10.1. The second-order valence-electron chi connectivity index (χ2n) is 3.93. The molecular weight excluding hydrogens is 234 g/mol. The standard InChI is InChI=1S/C13H15NS2/c1-9(2)16-12-5-3-10(4-6-12)11-7-13(14)15-8-11/h3-9H,14H2,1-2H3. The first-order valence-corrected chi connectivity index (χ1v) is 7.02. The van der Waals surface area contributed by atoms with E-state index < -0.39 is 0 Å². The van der Waals surface area contributed by atoms with Crippen molar-refractivity contribution in [3.8, 4) is 11.1 Å². The fraction of sp³-hybridized carbons (Fsp3) is 0.231. The van der Waals surface area contributed by atoms with Crippen LogP contribution in [0.5, 0.6) is 0 Å². The third kappa shape index (κ3) is 2.80. The van der Waals surface area contributed by atoms with Gasteiger partial charge in [-0.2, -0.15) is 0 Å². The van der Waals surface area contributed by atoms with Crippen LogP contribution in [0.15, 0.2) is 40.6 Å². The first kappa shape index (κ1) is 11.6. The van der Waals surface area contributed by atoms with Crippen LogP contribution in [0, 0.1) is 0 Å². The monoisotopic (exact) mass is 249 g/mol. The van der Waals surface area contributed by atoms with Crippen LogP contribution in [0.25, 0.3) is 11.1 Å². The summed E-state index contributed by atoms with van der Waals surface area (Å²) in [7, 11) is 0. The molecule has 0 fully saturated rings. The summed E-state index contributed by atoms with van der Waals surface area (Å²) >= 11 is 3.47. The fourth-order valence-electron chi connectivity index (χ4n) is 1.50. The first-order chi connectivity index (χ1) is 7.65. The number of benzene rings is 1. The molecule has 0 aliphatic heterocycles. The molecule has 2 N–H and O–H groups in total. The van der Waals surface area contributed by atoms with Crippen LogP contribution < -0.4 is 5.73 Å². The summed E-state index contributed by atoms with van der Waals surface area (Å²) < 4.78 is 0. The zero-order chi connectivity index (χ0) is 11.5. The Morgan fingerprint density at radius 2 is 1.81 bits per heavy atom. The van der Waals surface area contributed by atoms with Gasteiger partial charge in [0, 0.05) is 15.5 Å². The third-order valence-corrected chi connectivity index (χ3v) is 3.96. The van der Waals surface area contributed by atoms with Gasteiger partial charge >= 0.3 is 0 Å². The molecule has 1 nitrogen and oxygen atoms in total. The predicted molar refractivity (Wildman–Crippen MR) is 75.2 cm³/mol. The minimum atomic E-state index is 0.627. The van der Waals surface area contributed by atoms with E-state index in [1.165, 1.54) is 16.0 Å². The van der Waals surface area contributed by atoms with E-state index in [1.807, 2.05) is 17.8 Å². The first-order valence-electron chi connectivity index (χ1n) is 5.26. The number of rotatable bonds is 3. The Morgan fingerprint density at radius 3 is 2.31 bits per heavy atom. The van der Waals surface area contributed by atoms with Crippen LogP contribution >= 0.6 is 23.1 Å². The van der Waals surface area contributed by atoms with Gasteiger partial charge in [0.15, 0.2) is 0 Å². The van der Waals surface area contributed by atoms with E-state index in [9.17, 15) is 0 Å². The highest BCUT2D eigenvalue weighted by Gasteiger charge is 2.02. The molecule has 1 aromatic heterocycles. The number of nitrogen functional groups attached to an aromatic ring is 1. The molecule has 0 aliphatic rings. The minimum absolute atomic E-state index is 0.627.